The number of piperidine rings is 1. The van der Waals surface area contributed by atoms with Crippen LogP contribution in [0.4, 0.5) is 0 Å². The Bertz CT molecular complexity index is 220. The fourth-order valence-electron chi connectivity index (χ4n) is 2.28. The van der Waals surface area contributed by atoms with Gasteiger partial charge < -0.3 is 10.2 Å². The molecule has 1 saturated heterocycles. The molecule has 1 fully saturated rings. The van der Waals surface area contributed by atoms with Gasteiger partial charge in [0.25, 0.3) is 0 Å². The van der Waals surface area contributed by atoms with E-state index in [1.54, 1.807) is 0 Å². The molecule has 0 radical (unpaired) electrons. The first-order valence-corrected chi connectivity index (χ1v) is 5.71. The predicted octanol–water partition coefficient (Wildman–Crippen LogP) is 0.942. The Kier molecular flexibility index (Phi) is 4.54. The van der Waals surface area contributed by atoms with Crippen LogP contribution in [0.1, 0.15) is 33.1 Å². The Hall–Kier alpha value is -0.610. The molecule has 0 saturated carbocycles. The lowest BCUT2D eigenvalue weighted by atomic mass is 9.90. The van der Waals surface area contributed by atoms with Gasteiger partial charge in [-0.3, -0.25) is 9.69 Å². The fraction of sp³-hybridized carbons (Fsp3) is 0.909. The minimum absolute atomic E-state index is 0.181. The average molecular weight is 215 g/mol. The second kappa shape index (κ2) is 5.47. The van der Waals surface area contributed by atoms with Crippen LogP contribution in [0.2, 0.25) is 0 Å². The van der Waals surface area contributed by atoms with Crippen molar-refractivity contribution in [2.24, 2.45) is 5.92 Å². The second-order valence-corrected chi connectivity index (χ2v) is 4.46. The summed E-state index contributed by atoms with van der Waals surface area (Å²) in [4.78, 5) is 13.0. The third-order valence-corrected chi connectivity index (χ3v) is 3.21. The molecule has 0 aromatic carbocycles. The smallest absolute Gasteiger partial charge is 0.321 e. The quantitative estimate of drug-likeness (QED) is 0.732. The predicted molar refractivity (Wildman–Crippen MR) is 57.7 cm³/mol. The van der Waals surface area contributed by atoms with Gasteiger partial charge >= 0.3 is 5.97 Å². The summed E-state index contributed by atoms with van der Waals surface area (Å²) in [6.07, 6.45) is 2.27. The first kappa shape index (κ1) is 12.5. The van der Waals surface area contributed by atoms with E-state index in [-0.39, 0.29) is 5.92 Å². The third-order valence-electron chi connectivity index (χ3n) is 3.21. The number of hydrogen-bond donors (Lipinski definition) is 2. The van der Waals surface area contributed by atoms with Gasteiger partial charge in [0.2, 0.25) is 0 Å². The molecule has 1 rings (SSSR count). The van der Waals surface area contributed by atoms with Crippen LogP contribution in [0, 0.1) is 5.92 Å². The Morgan fingerprint density at radius 3 is 2.80 bits per heavy atom. The molecular weight excluding hydrogens is 194 g/mol. The molecule has 0 amide bonds. The van der Waals surface area contributed by atoms with Crippen LogP contribution in [-0.4, -0.2) is 46.3 Å². The van der Waals surface area contributed by atoms with Crippen molar-refractivity contribution in [2.45, 2.75) is 45.3 Å². The van der Waals surface area contributed by atoms with Gasteiger partial charge in [-0.05, 0) is 31.7 Å². The van der Waals surface area contributed by atoms with Gasteiger partial charge in [-0.2, -0.15) is 0 Å². The van der Waals surface area contributed by atoms with Crippen molar-refractivity contribution in [3.63, 3.8) is 0 Å². The zero-order chi connectivity index (χ0) is 11.4. The summed E-state index contributed by atoms with van der Waals surface area (Å²) in [6, 6.07) is -0.417. The van der Waals surface area contributed by atoms with Crippen LogP contribution in [0.3, 0.4) is 0 Å². The molecule has 0 spiro atoms. The fourth-order valence-corrected chi connectivity index (χ4v) is 2.28. The van der Waals surface area contributed by atoms with Crippen molar-refractivity contribution in [3.05, 3.63) is 0 Å². The highest BCUT2D eigenvalue weighted by molar-refractivity contribution is 5.74. The first-order chi connectivity index (χ1) is 7.06. The number of β-amino-alcohol motifs (C(OH)–C–C–N with tert-alkyl or cyclic N) is 1. The van der Waals surface area contributed by atoms with Crippen molar-refractivity contribution in [1.29, 1.82) is 0 Å². The molecule has 0 aromatic rings. The maximum Gasteiger partial charge on any atom is 0.321 e. The summed E-state index contributed by atoms with van der Waals surface area (Å²) in [5.74, 6) is -0.578. The van der Waals surface area contributed by atoms with E-state index < -0.39 is 18.1 Å². The molecule has 88 valence electrons. The number of aliphatic hydroxyl groups excluding tert-OH is 1. The molecule has 1 aliphatic heterocycles. The Balaban J connectivity index is 2.62. The number of aliphatic hydroxyl groups is 1. The van der Waals surface area contributed by atoms with E-state index in [9.17, 15) is 9.90 Å². The average Bonchev–Trinajstić information content (AvgIpc) is 2.17. The lowest BCUT2D eigenvalue weighted by molar-refractivity contribution is -0.147. The highest BCUT2D eigenvalue weighted by atomic mass is 16.4. The molecule has 15 heavy (non-hydrogen) atoms. The van der Waals surface area contributed by atoms with Crippen LogP contribution in [0.15, 0.2) is 0 Å². The van der Waals surface area contributed by atoms with E-state index in [2.05, 4.69) is 0 Å². The molecule has 4 nitrogen and oxygen atoms in total. The molecule has 2 N–H and O–H groups in total. The molecule has 3 unspecified atom stereocenters. The maximum atomic E-state index is 11.1. The number of carboxylic acid groups (broad SMARTS) is 1. The van der Waals surface area contributed by atoms with E-state index in [0.29, 0.717) is 13.0 Å². The van der Waals surface area contributed by atoms with E-state index in [1.165, 1.54) is 0 Å². The minimum Gasteiger partial charge on any atom is -0.480 e. The number of nitrogens with zero attached hydrogens (tertiary/aromatic N) is 1. The zero-order valence-electron chi connectivity index (χ0n) is 9.52. The van der Waals surface area contributed by atoms with Crippen LogP contribution < -0.4 is 0 Å². The number of rotatable bonds is 4. The largest absolute Gasteiger partial charge is 0.480 e. The number of carbonyl (C=O) groups is 1. The minimum atomic E-state index is -0.759. The van der Waals surface area contributed by atoms with Gasteiger partial charge in [0.05, 0.1) is 6.10 Å². The number of carboxylic acids is 1. The van der Waals surface area contributed by atoms with E-state index >= 15 is 0 Å². The van der Waals surface area contributed by atoms with Gasteiger partial charge in [0, 0.05) is 6.54 Å². The van der Waals surface area contributed by atoms with Crippen molar-refractivity contribution in [3.8, 4) is 0 Å². The lowest BCUT2D eigenvalue weighted by Gasteiger charge is -2.38. The number of likely N-dealkylation sites (tertiary alicyclic amines) is 1. The van der Waals surface area contributed by atoms with Crippen LogP contribution >= 0.6 is 0 Å². The Morgan fingerprint density at radius 1 is 1.60 bits per heavy atom. The highest BCUT2D eigenvalue weighted by Crippen LogP contribution is 2.23. The van der Waals surface area contributed by atoms with E-state index in [0.717, 1.165) is 19.4 Å². The summed E-state index contributed by atoms with van der Waals surface area (Å²) in [5, 5.41) is 18.7. The van der Waals surface area contributed by atoms with Gasteiger partial charge in [-0.1, -0.05) is 13.8 Å². The summed E-state index contributed by atoms with van der Waals surface area (Å²) in [5.41, 5.74) is 0. The Labute approximate surface area is 90.9 Å². The lowest BCUT2D eigenvalue weighted by Crippen LogP contribution is -2.51. The number of aliphatic carboxylic acids is 1. The van der Waals surface area contributed by atoms with E-state index in [4.69, 9.17) is 5.11 Å². The maximum absolute atomic E-state index is 11.1. The monoisotopic (exact) mass is 215 g/mol. The molecule has 1 aliphatic rings. The van der Waals surface area contributed by atoms with Crippen molar-refractivity contribution >= 4 is 5.97 Å². The molecule has 4 heteroatoms. The molecule has 0 aliphatic carbocycles. The molecule has 0 bridgehead atoms. The molecule has 3 atom stereocenters. The van der Waals surface area contributed by atoms with Gasteiger partial charge in [-0.15, -0.1) is 0 Å². The van der Waals surface area contributed by atoms with Crippen LogP contribution in [-0.2, 0) is 4.79 Å². The molecule has 1 heterocycles. The van der Waals surface area contributed by atoms with Crippen molar-refractivity contribution in [2.75, 3.05) is 13.1 Å². The topological polar surface area (TPSA) is 60.8 Å². The summed E-state index contributed by atoms with van der Waals surface area (Å²) < 4.78 is 0. The SMILES string of the molecule is CCC(O)CN1CCCC(C)C1C(=O)O. The summed E-state index contributed by atoms with van der Waals surface area (Å²) in [7, 11) is 0. The van der Waals surface area contributed by atoms with Gasteiger partial charge in [-0.25, -0.2) is 0 Å². The highest BCUT2D eigenvalue weighted by Gasteiger charge is 2.34. The second-order valence-electron chi connectivity index (χ2n) is 4.46. The van der Waals surface area contributed by atoms with E-state index in [1.807, 2.05) is 18.7 Å². The van der Waals surface area contributed by atoms with Crippen LogP contribution in [0.25, 0.3) is 0 Å². The summed E-state index contributed by atoms with van der Waals surface area (Å²) >= 11 is 0. The van der Waals surface area contributed by atoms with Gasteiger partial charge in [0.15, 0.2) is 0 Å². The van der Waals surface area contributed by atoms with Crippen molar-refractivity contribution < 1.29 is 15.0 Å². The first-order valence-electron chi connectivity index (χ1n) is 5.71. The normalized spacial score (nSPS) is 30.1. The summed E-state index contributed by atoms with van der Waals surface area (Å²) in [6.45, 7) is 5.16. The third kappa shape index (κ3) is 3.18. The zero-order valence-corrected chi connectivity index (χ0v) is 9.52. The van der Waals surface area contributed by atoms with Crippen LogP contribution in [0.5, 0.6) is 0 Å². The van der Waals surface area contributed by atoms with Crippen molar-refractivity contribution in [1.82, 2.24) is 4.90 Å². The van der Waals surface area contributed by atoms with Gasteiger partial charge in [0.1, 0.15) is 6.04 Å². The molecular formula is C11H21NO3. The Morgan fingerprint density at radius 2 is 2.27 bits per heavy atom. The standard InChI is InChI=1S/C11H21NO3/c1-3-9(13)7-12-6-4-5-8(2)10(12)11(14)15/h8-10,13H,3-7H2,1-2H3,(H,14,15). The number of hydrogen-bond acceptors (Lipinski definition) is 3. The molecule has 0 aromatic heterocycles.